The third kappa shape index (κ3) is 4.95. The summed E-state index contributed by atoms with van der Waals surface area (Å²) in [6, 6.07) is 1.97. The van der Waals surface area contributed by atoms with E-state index in [2.05, 4.69) is 21.2 Å². The number of hydrogen-bond donors (Lipinski definition) is 2. The van der Waals surface area contributed by atoms with Crippen molar-refractivity contribution in [3.63, 3.8) is 0 Å². The number of nitrogens with one attached hydrogen (secondary N) is 1. The quantitative estimate of drug-likeness (QED) is 0.865. The van der Waals surface area contributed by atoms with Crippen LogP contribution in [0.4, 0.5) is 0 Å². The molecule has 6 heteroatoms. The molecule has 98 valence electrons. The number of carbonyl (C=O) groups excluding carboxylic acids is 1. The average Bonchev–Trinajstić information content (AvgIpc) is 2.60. The van der Waals surface area contributed by atoms with Crippen LogP contribution in [0.25, 0.3) is 0 Å². The largest absolute Gasteiger partial charge is 0.350 e. The van der Waals surface area contributed by atoms with Crippen molar-refractivity contribution in [2.75, 3.05) is 0 Å². The molecule has 0 bridgehead atoms. The fourth-order valence-corrected chi connectivity index (χ4v) is 2.88. The first kappa shape index (κ1) is 16.9. The zero-order chi connectivity index (χ0) is 12.2. The topological polar surface area (TPSA) is 55.1 Å². The smallest absolute Gasteiger partial charge is 0.240 e. The van der Waals surface area contributed by atoms with Gasteiger partial charge in [0.15, 0.2) is 0 Å². The molecule has 0 aliphatic rings. The van der Waals surface area contributed by atoms with Gasteiger partial charge in [-0.05, 0) is 40.7 Å². The van der Waals surface area contributed by atoms with Gasteiger partial charge in [0.05, 0.1) is 12.1 Å². The maximum Gasteiger partial charge on any atom is 0.240 e. The van der Waals surface area contributed by atoms with Gasteiger partial charge in [0, 0.05) is 9.35 Å². The molecule has 0 saturated carbocycles. The molecule has 1 unspecified atom stereocenters. The van der Waals surface area contributed by atoms with Crippen molar-refractivity contribution >= 4 is 45.6 Å². The van der Waals surface area contributed by atoms with E-state index in [1.165, 1.54) is 0 Å². The van der Waals surface area contributed by atoms with Crippen molar-refractivity contribution in [3.05, 3.63) is 20.8 Å². The van der Waals surface area contributed by atoms with Gasteiger partial charge in [0.2, 0.25) is 5.91 Å². The molecule has 1 aromatic rings. The van der Waals surface area contributed by atoms with E-state index < -0.39 is 5.54 Å². The van der Waals surface area contributed by atoms with Gasteiger partial charge in [0.1, 0.15) is 0 Å². The number of nitrogens with two attached hydrogens (primary N) is 1. The van der Waals surface area contributed by atoms with E-state index in [1.54, 1.807) is 18.3 Å². The second-order valence-electron chi connectivity index (χ2n) is 4.04. The van der Waals surface area contributed by atoms with E-state index in [1.807, 2.05) is 18.4 Å². The first-order valence-corrected chi connectivity index (χ1v) is 6.93. The molecule has 0 spiro atoms. The monoisotopic (exact) mass is 340 g/mol. The van der Waals surface area contributed by atoms with E-state index in [0.717, 1.165) is 15.8 Å². The minimum atomic E-state index is -0.765. The molecule has 1 heterocycles. The summed E-state index contributed by atoms with van der Waals surface area (Å²) in [6.45, 7) is 4.33. The standard InChI is InChI=1S/C11H17BrN2OS.ClH/c1-3-5-11(2,13)10(15)14-7-9-8(12)4-6-16-9;/h4,6H,3,5,7,13H2,1-2H3,(H,14,15);1H. The minimum absolute atomic E-state index is 0. The van der Waals surface area contributed by atoms with Gasteiger partial charge >= 0.3 is 0 Å². The maximum atomic E-state index is 11.8. The summed E-state index contributed by atoms with van der Waals surface area (Å²) < 4.78 is 1.03. The molecule has 0 radical (unpaired) electrons. The Bertz CT molecular complexity index is 368. The van der Waals surface area contributed by atoms with Gasteiger partial charge in [-0.25, -0.2) is 0 Å². The fraction of sp³-hybridized carbons (Fsp3) is 0.545. The molecular weight excluding hydrogens is 324 g/mol. The Morgan fingerprint density at radius 3 is 2.76 bits per heavy atom. The van der Waals surface area contributed by atoms with Crippen molar-refractivity contribution in [1.82, 2.24) is 5.32 Å². The van der Waals surface area contributed by atoms with Crippen LogP contribution >= 0.6 is 39.7 Å². The average molecular weight is 342 g/mol. The SMILES string of the molecule is CCCC(C)(N)C(=O)NCc1sccc1Br.Cl. The van der Waals surface area contributed by atoms with Crippen LogP contribution in [0.5, 0.6) is 0 Å². The highest BCUT2D eigenvalue weighted by atomic mass is 79.9. The van der Waals surface area contributed by atoms with Crippen LogP contribution in [0.15, 0.2) is 15.9 Å². The van der Waals surface area contributed by atoms with Crippen LogP contribution < -0.4 is 11.1 Å². The van der Waals surface area contributed by atoms with Gasteiger partial charge in [0.25, 0.3) is 0 Å². The number of hydrogen-bond acceptors (Lipinski definition) is 3. The van der Waals surface area contributed by atoms with Crippen LogP contribution in [-0.4, -0.2) is 11.4 Å². The van der Waals surface area contributed by atoms with Gasteiger partial charge in [-0.15, -0.1) is 23.7 Å². The lowest BCUT2D eigenvalue weighted by Gasteiger charge is -2.22. The molecule has 0 aliphatic carbocycles. The third-order valence-electron chi connectivity index (χ3n) is 2.39. The van der Waals surface area contributed by atoms with E-state index in [-0.39, 0.29) is 18.3 Å². The second-order valence-corrected chi connectivity index (χ2v) is 5.90. The predicted molar refractivity (Wildman–Crippen MR) is 78.6 cm³/mol. The highest BCUT2D eigenvalue weighted by molar-refractivity contribution is 9.10. The molecule has 1 amide bonds. The summed E-state index contributed by atoms with van der Waals surface area (Å²) in [5, 5.41) is 4.85. The van der Waals surface area contributed by atoms with Crippen LogP contribution in [0.2, 0.25) is 0 Å². The number of halogens is 2. The zero-order valence-corrected chi connectivity index (χ0v) is 13.2. The highest BCUT2D eigenvalue weighted by Crippen LogP contribution is 2.22. The molecule has 3 nitrogen and oxygen atoms in total. The number of rotatable bonds is 5. The summed E-state index contributed by atoms with van der Waals surface area (Å²) >= 11 is 5.04. The van der Waals surface area contributed by atoms with Crippen LogP contribution in [-0.2, 0) is 11.3 Å². The lowest BCUT2D eigenvalue weighted by atomic mass is 9.96. The highest BCUT2D eigenvalue weighted by Gasteiger charge is 2.26. The third-order valence-corrected chi connectivity index (χ3v) is 4.31. The lowest BCUT2D eigenvalue weighted by molar-refractivity contribution is -0.126. The summed E-state index contributed by atoms with van der Waals surface area (Å²) in [5.74, 6) is -0.0883. The fourth-order valence-electron chi connectivity index (χ4n) is 1.45. The molecule has 1 atom stereocenters. The molecular formula is C11H18BrClN2OS. The van der Waals surface area contributed by atoms with E-state index in [4.69, 9.17) is 5.73 Å². The Balaban J connectivity index is 0.00000256. The van der Waals surface area contributed by atoms with Crippen molar-refractivity contribution in [3.8, 4) is 0 Å². The number of amides is 1. The van der Waals surface area contributed by atoms with E-state index in [9.17, 15) is 4.79 Å². The number of thiophene rings is 1. The first-order chi connectivity index (χ1) is 7.47. The van der Waals surface area contributed by atoms with E-state index in [0.29, 0.717) is 13.0 Å². The van der Waals surface area contributed by atoms with Crippen molar-refractivity contribution in [1.29, 1.82) is 0 Å². The first-order valence-electron chi connectivity index (χ1n) is 5.26. The number of carbonyl (C=O) groups is 1. The van der Waals surface area contributed by atoms with E-state index >= 15 is 0 Å². The summed E-state index contributed by atoms with van der Waals surface area (Å²) in [5.41, 5.74) is 5.16. The minimum Gasteiger partial charge on any atom is -0.350 e. The van der Waals surface area contributed by atoms with Gasteiger partial charge in [-0.2, -0.15) is 0 Å². The van der Waals surface area contributed by atoms with Gasteiger partial charge < -0.3 is 11.1 Å². The van der Waals surface area contributed by atoms with Crippen LogP contribution in [0.3, 0.4) is 0 Å². The lowest BCUT2D eigenvalue weighted by Crippen LogP contribution is -2.51. The second kappa shape index (κ2) is 7.36. The molecule has 1 rings (SSSR count). The van der Waals surface area contributed by atoms with Gasteiger partial charge in [-0.3, -0.25) is 4.79 Å². The summed E-state index contributed by atoms with van der Waals surface area (Å²) in [4.78, 5) is 12.9. The normalized spacial score (nSPS) is 13.6. The Hall–Kier alpha value is -0.100. The Kier molecular flexibility index (Phi) is 7.32. The molecule has 0 aromatic carbocycles. The Morgan fingerprint density at radius 1 is 1.65 bits per heavy atom. The van der Waals surface area contributed by atoms with Crippen molar-refractivity contribution in [2.24, 2.45) is 5.73 Å². The molecule has 0 aliphatic heterocycles. The molecule has 3 N–H and O–H groups in total. The Labute approximate surface area is 121 Å². The molecule has 0 fully saturated rings. The van der Waals surface area contributed by atoms with Crippen molar-refractivity contribution in [2.45, 2.75) is 38.8 Å². The maximum absolute atomic E-state index is 11.8. The zero-order valence-electron chi connectivity index (χ0n) is 9.96. The van der Waals surface area contributed by atoms with Crippen LogP contribution in [0, 0.1) is 0 Å². The molecule has 0 saturated heterocycles. The van der Waals surface area contributed by atoms with Crippen molar-refractivity contribution < 1.29 is 4.79 Å². The summed E-state index contributed by atoms with van der Waals surface area (Å²) in [6.07, 6.45) is 1.60. The molecule has 17 heavy (non-hydrogen) atoms. The van der Waals surface area contributed by atoms with Gasteiger partial charge in [-0.1, -0.05) is 13.3 Å². The Morgan fingerprint density at radius 2 is 2.29 bits per heavy atom. The predicted octanol–water partition coefficient (Wildman–Crippen LogP) is 3.07. The van der Waals surface area contributed by atoms with Crippen LogP contribution in [0.1, 0.15) is 31.6 Å². The summed E-state index contributed by atoms with van der Waals surface area (Å²) in [7, 11) is 0. The molecule has 1 aromatic heterocycles.